The summed E-state index contributed by atoms with van der Waals surface area (Å²) < 4.78 is 25.0. The standard InChI is InChI=1S/C26H27FN6O3/c1-35-22-11-18(27)3-5-21(22)36-23-12-28-16-29-24(23)33-9-7-26(15-33)6-8-32(14-26)13-17-2-4-19-20(10-17)31-25(34)30-19/h2-5,10-12,16H,6-9,13-15H2,1H3,(H2,30,31,34). The number of hydrogen-bond acceptors (Lipinski definition) is 7. The first-order valence-electron chi connectivity index (χ1n) is 12.0. The van der Waals surface area contributed by atoms with Crippen molar-refractivity contribution in [1.82, 2.24) is 24.8 Å². The van der Waals surface area contributed by atoms with Gasteiger partial charge in [-0.05, 0) is 49.2 Å². The molecule has 4 heterocycles. The Hall–Kier alpha value is -3.92. The van der Waals surface area contributed by atoms with Gasteiger partial charge in [-0.3, -0.25) is 4.90 Å². The first-order chi connectivity index (χ1) is 17.5. The van der Waals surface area contributed by atoms with Crippen LogP contribution in [-0.4, -0.2) is 58.1 Å². The molecule has 1 unspecified atom stereocenters. The maximum absolute atomic E-state index is 13.6. The zero-order valence-corrected chi connectivity index (χ0v) is 20.0. The molecule has 4 aromatic rings. The fraction of sp³-hybridized carbons (Fsp3) is 0.346. The summed E-state index contributed by atoms with van der Waals surface area (Å²) in [5.74, 6) is 1.58. The van der Waals surface area contributed by atoms with Gasteiger partial charge in [-0.1, -0.05) is 6.07 Å². The topological polar surface area (TPSA) is 99.4 Å². The van der Waals surface area contributed by atoms with Crippen molar-refractivity contribution >= 4 is 16.9 Å². The van der Waals surface area contributed by atoms with Gasteiger partial charge in [0.2, 0.25) is 0 Å². The fourth-order valence-corrected chi connectivity index (χ4v) is 5.51. The lowest BCUT2D eigenvalue weighted by Gasteiger charge is -2.26. The van der Waals surface area contributed by atoms with Crippen LogP contribution in [0.25, 0.3) is 11.0 Å². The zero-order valence-electron chi connectivity index (χ0n) is 20.0. The van der Waals surface area contributed by atoms with E-state index in [1.54, 1.807) is 12.3 Å². The van der Waals surface area contributed by atoms with E-state index in [0.29, 0.717) is 17.2 Å². The average Bonchev–Trinajstić information content (AvgIpc) is 3.58. The number of nitrogens with zero attached hydrogens (tertiary/aromatic N) is 4. The molecule has 0 saturated carbocycles. The number of H-pyrrole nitrogens is 2. The van der Waals surface area contributed by atoms with Crippen LogP contribution < -0.4 is 20.1 Å². The van der Waals surface area contributed by atoms with E-state index in [9.17, 15) is 9.18 Å². The van der Waals surface area contributed by atoms with E-state index in [-0.39, 0.29) is 11.1 Å². The second kappa shape index (κ2) is 8.94. The number of anilines is 1. The Morgan fingerprint density at radius 1 is 1.03 bits per heavy atom. The lowest BCUT2D eigenvalue weighted by molar-refractivity contribution is 0.270. The number of aromatic amines is 2. The molecule has 2 aromatic carbocycles. The van der Waals surface area contributed by atoms with E-state index < -0.39 is 5.82 Å². The molecule has 6 rings (SSSR count). The van der Waals surface area contributed by atoms with Gasteiger partial charge in [-0.25, -0.2) is 19.2 Å². The molecule has 0 aliphatic carbocycles. The fourth-order valence-electron chi connectivity index (χ4n) is 5.51. The molecule has 0 radical (unpaired) electrons. The highest BCUT2D eigenvalue weighted by molar-refractivity contribution is 5.75. The number of imidazole rings is 1. The van der Waals surface area contributed by atoms with E-state index in [2.05, 4.69) is 35.8 Å². The van der Waals surface area contributed by atoms with Crippen LogP contribution in [0.3, 0.4) is 0 Å². The molecule has 0 amide bonds. The third kappa shape index (κ3) is 4.28. The minimum Gasteiger partial charge on any atom is -0.493 e. The van der Waals surface area contributed by atoms with Crippen molar-refractivity contribution in [1.29, 1.82) is 0 Å². The number of ether oxygens (including phenoxy) is 2. The molecule has 2 aliphatic heterocycles. The number of hydrogen-bond donors (Lipinski definition) is 2. The number of aromatic nitrogens is 4. The van der Waals surface area contributed by atoms with Gasteiger partial charge in [0.15, 0.2) is 23.1 Å². The van der Waals surface area contributed by atoms with Crippen LogP contribution in [0, 0.1) is 11.2 Å². The molecule has 0 bridgehead atoms. The summed E-state index contributed by atoms with van der Waals surface area (Å²) in [5, 5.41) is 0. The van der Waals surface area contributed by atoms with Gasteiger partial charge in [-0.2, -0.15) is 0 Å². The van der Waals surface area contributed by atoms with Gasteiger partial charge in [0, 0.05) is 37.7 Å². The van der Waals surface area contributed by atoms with Crippen molar-refractivity contribution in [3.63, 3.8) is 0 Å². The van der Waals surface area contributed by atoms with Gasteiger partial charge in [0.1, 0.15) is 12.1 Å². The number of likely N-dealkylation sites (tertiary alicyclic amines) is 1. The summed E-state index contributed by atoms with van der Waals surface area (Å²) >= 11 is 0. The van der Waals surface area contributed by atoms with Crippen LogP contribution in [0.1, 0.15) is 18.4 Å². The Morgan fingerprint density at radius 3 is 2.78 bits per heavy atom. The van der Waals surface area contributed by atoms with Crippen LogP contribution in [0.4, 0.5) is 10.2 Å². The van der Waals surface area contributed by atoms with Crippen LogP contribution in [0.5, 0.6) is 17.2 Å². The highest BCUT2D eigenvalue weighted by Gasteiger charge is 2.44. The molecule has 2 fully saturated rings. The number of halogens is 1. The second-order valence-electron chi connectivity index (χ2n) is 9.70. The number of methoxy groups -OCH3 is 1. The third-order valence-electron chi connectivity index (χ3n) is 7.25. The Morgan fingerprint density at radius 2 is 1.89 bits per heavy atom. The van der Waals surface area contributed by atoms with Gasteiger partial charge < -0.3 is 24.3 Å². The molecule has 9 nitrogen and oxygen atoms in total. The van der Waals surface area contributed by atoms with Gasteiger partial charge in [0.05, 0.1) is 24.3 Å². The predicted octanol–water partition coefficient (Wildman–Crippen LogP) is 3.69. The van der Waals surface area contributed by atoms with E-state index in [1.165, 1.54) is 31.1 Å². The normalized spacial score (nSPS) is 20.0. The quantitative estimate of drug-likeness (QED) is 0.425. The smallest absolute Gasteiger partial charge is 0.323 e. The largest absolute Gasteiger partial charge is 0.493 e. The summed E-state index contributed by atoms with van der Waals surface area (Å²) in [6.45, 7) is 4.62. The van der Waals surface area contributed by atoms with Crippen molar-refractivity contribution in [2.45, 2.75) is 19.4 Å². The third-order valence-corrected chi connectivity index (χ3v) is 7.25. The second-order valence-corrected chi connectivity index (χ2v) is 9.70. The van der Waals surface area contributed by atoms with Gasteiger partial charge >= 0.3 is 5.69 Å². The summed E-state index contributed by atoms with van der Waals surface area (Å²) in [6.07, 6.45) is 5.34. The van der Waals surface area contributed by atoms with E-state index in [1.807, 2.05) is 12.1 Å². The molecule has 186 valence electrons. The predicted molar refractivity (Wildman–Crippen MR) is 133 cm³/mol. The summed E-state index contributed by atoms with van der Waals surface area (Å²) in [4.78, 5) is 30.6. The summed E-state index contributed by atoms with van der Waals surface area (Å²) in [6, 6.07) is 10.3. The Bertz CT molecular complexity index is 1470. The molecule has 2 aliphatic rings. The van der Waals surface area contributed by atoms with E-state index in [0.717, 1.165) is 62.4 Å². The van der Waals surface area contributed by atoms with Crippen LogP contribution in [0.2, 0.25) is 0 Å². The average molecular weight is 491 g/mol. The molecule has 1 spiro atoms. The molecule has 36 heavy (non-hydrogen) atoms. The summed E-state index contributed by atoms with van der Waals surface area (Å²) in [5.41, 5.74) is 2.85. The molecule has 10 heteroatoms. The minimum atomic E-state index is -0.391. The monoisotopic (exact) mass is 490 g/mol. The Balaban J connectivity index is 1.16. The summed E-state index contributed by atoms with van der Waals surface area (Å²) in [7, 11) is 1.48. The van der Waals surface area contributed by atoms with Crippen molar-refractivity contribution < 1.29 is 13.9 Å². The maximum Gasteiger partial charge on any atom is 0.323 e. The van der Waals surface area contributed by atoms with Crippen LogP contribution >= 0.6 is 0 Å². The Labute approximate surface area is 206 Å². The van der Waals surface area contributed by atoms with Crippen molar-refractivity contribution in [2.75, 3.05) is 38.2 Å². The molecule has 2 N–H and O–H groups in total. The lowest BCUT2D eigenvalue weighted by atomic mass is 9.86. The van der Waals surface area contributed by atoms with E-state index >= 15 is 0 Å². The first kappa shape index (κ1) is 22.5. The van der Waals surface area contributed by atoms with Crippen molar-refractivity contribution in [3.05, 3.63) is 70.8 Å². The van der Waals surface area contributed by atoms with Crippen molar-refractivity contribution in [2.24, 2.45) is 5.41 Å². The number of nitrogens with one attached hydrogen (secondary N) is 2. The van der Waals surface area contributed by atoms with E-state index in [4.69, 9.17) is 9.47 Å². The highest BCUT2D eigenvalue weighted by atomic mass is 19.1. The number of benzene rings is 2. The Kier molecular flexibility index (Phi) is 5.60. The van der Waals surface area contributed by atoms with Gasteiger partial charge in [0.25, 0.3) is 0 Å². The SMILES string of the molecule is COc1cc(F)ccc1Oc1cncnc1N1CCC2(CCN(Cc3ccc4[nH]c(=O)[nH]c4c3)C2)C1. The molecular weight excluding hydrogens is 463 g/mol. The van der Waals surface area contributed by atoms with Gasteiger partial charge in [-0.15, -0.1) is 0 Å². The molecule has 2 aromatic heterocycles. The lowest BCUT2D eigenvalue weighted by Crippen LogP contribution is -2.31. The van der Waals surface area contributed by atoms with Crippen molar-refractivity contribution in [3.8, 4) is 17.2 Å². The van der Waals surface area contributed by atoms with Crippen LogP contribution in [0.15, 0.2) is 53.7 Å². The molecular formula is C26H27FN6O3. The van der Waals surface area contributed by atoms with Crippen LogP contribution in [-0.2, 0) is 6.54 Å². The molecule has 2 saturated heterocycles. The zero-order chi connectivity index (χ0) is 24.7. The number of fused-ring (bicyclic) bond motifs is 1. The maximum atomic E-state index is 13.6. The minimum absolute atomic E-state index is 0.181. The number of rotatable bonds is 6. The molecule has 1 atom stereocenters. The highest BCUT2D eigenvalue weighted by Crippen LogP contribution is 2.44. The first-order valence-corrected chi connectivity index (χ1v) is 12.0.